The largest absolute Gasteiger partial charge is 0.458 e. The number of carbonyl (C=O) groups is 5. The van der Waals surface area contributed by atoms with Crippen molar-refractivity contribution in [1.29, 1.82) is 0 Å². The summed E-state index contributed by atoms with van der Waals surface area (Å²) in [4.78, 5) is 70.7. The van der Waals surface area contributed by atoms with Gasteiger partial charge < -0.3 is 35.1 Å². The molecule has 0 fully saturated rings. The van der Waals surface area contributed by atoms with Crippen molar-refractivity contribution in [3.63, 3.8) is 0 Å². The Bertz CT molecular complexity index is 1110. The first-order valence-electron chi connectivity index (χ1n) is 14.7. The van der Waals surface area contributed by atoms with Gasteiger partial charge in [0, 0.05) is 6.54 Å². The number of nitrogens with zero attached hydrogens (tertiary/aromatic N) is 1. The van der Waals surface area contributed by atoms with Gasteiger partial charge in [0.2, 0.25) is 0 Å². The third-order valence-corrected chi connectivity index (χ3v) is 5.37. The predicted octanol–water partition coefficient (Wildman–Crippen LogP) is 4.03. The summed E-state index contributed by atoms with van der Waals surface area (Å²) in [6, 6.07) is -1.99. The van der Waals surface area contributed by atoms with Gasteiger partial charge in [-0.15, -0.1) is 0 Å². The molecular formula is C30H51N5O8. The molecule has 4 N–H and O–H groups in total. The molecule has 1 aromatic rings. The van der Waals surface area contributed by atoms with Crippen molar-refractivity contribution in [2.45, 2.75) is 131 Å². The average molecular weight is 610 g/mol. The van der Waals surface area contributed by atoms with E-state index in [0.717, 1.165) is 0 Å². The average Bonchev–Trinajstić information content (AvgIpc) is 3.29. The van der Waals surface area contributed by atoms with E-state index in [-0.39, 0.29) is 23.7 Å². The van der Waals surface area contributed by atoms with Crippen LogP contribution in [0.1, 0.15) is 123 Å². The van der Waals surface area contributed by atoms with E-state index in [9.17, 15) is 24.0 Å². The Labute approximate surface area is 255 Å². The van der Waals surface area contributed by atoms with Crippen molar-refractivity contribution >= 4 is 29.8 Å². The maximum atomic E-state index is 13.3. The number of aromatic amines is 1. The molecule has 0 saturated carbocycles. The highest BCUT2D eigenvalue weighted by Crippen LogP contribution is 2.16. The van der Waals surface area contributed by atoms with E-state index in [1.807, 2.05) is 13.8 Å². The zero-order valence-electron chi connectivity index (χ0n) is 27.6. The molecule has 1 aromatic heterocycles. The van der Waals surface area contributed by atoms with E-state index in [4.69, 9.17) is 14.2 Å². The van der Waals surface area contributed by atoms with Crippen LogP contribution in [0.5, 0.6) is 0 Å². The highest BCUT2D eigenvalue weighted by atomic mass is 16.6. The molecule has 244 valence electrons. The Hall–Kier alpha value is -3.64. The third kappa shape index (κ3) is 15.4. The molecule has 1 heterocycles. The number of rotatable bonds is 13. The van der Waals surface area contributed by atoms with Crippen LogP contribution in [0.2, 0.25) is 0 Å². The quantitative estimate of drug-likeness (QED) is 0.146. The number of esters is 2. The first-order chi connectivity index (χ1) is 19.6. The fraction of sp³-hybridized carbons (Fsp3) is 0.733. The molecule has 1 rings (SSSR count). The van der Waals surface area contributed by atoms with Gasteiger partial charge in [-0.3, -0.25) is 9.59 Å². The fourth-order valence-electron chi connectivity index (χ4n) is 3.75. The van der Waals surface area contributed by atoms with E-state index in [1.54, 1.807) is 62.3 Å². The van der Waals surface area contributed by atoms with E-state index in [1.165, 1.54) is 6.33 Å². The zero-order valence-corrected chi connectivity index (χ0v) is 27.6. The summed E-state index contributed by atoms with van der Waals surface area (Å²) in [5.74, 6) is -2.67. The SMILES string of the molecule is CC(C)C[C@H](NC(=O)c1nc[nH]c1C(=O)N[C@@H](CCCCNC(=O)OC(C)(C)C)C(=O)OC(C)(C)C)C(=O)OC(C)(C)C. The van der Waals surface area contributed by atoms with Crippen LogP contribution in [0.25, 0.3) is 0 Å². The highest BCUT2D eigenvalue weighted by molar-refractivity contribution is 6.06. The number of carbonyl (C=O) groups excluding carboxylic acids is 5. The standard InChI is InChI=1S/C30H51N5O8/c1-18(2)16-20(26(39)42-29(6,7)8)35-24(37)22-21(32-17-33-22)23(36)34-19(25(38)41-28(3,4)5)14-12-13-15-31-27(40)43-30(9,10)11/h17-20H,12-16H2,1-11H3,(H,31,40)(H,32,33)(H,34,36)(H,35,37)/t19-,20-/m0/s1. The molecule has 0 unspecified atom stereocenters. The molecule has 13 heteroatoms. The van der Waals surface area contributed by atoms with E-state index >= 15 is 0 Å². The van der Waals surface area contributed by atoms with Gasteiger partial charge in [0.15, 0.2) is 5.69 Å². The van der Waals surface area contributed by atoms with Crippen LogP contribution in [0.4, 0.5) is 4.79 Å². The van der Waals surface area contributed by atoms with Crippen molar-refractivity contribution in [1.82, 2.24) is 25.9 Å². The number of alkyl carbamates (subject to hydrolysis) is 1. The second-order valence-corrected chi connectivity index (χ2v) is 13.8. The second kappa shape index (κ2) is 15.7. The number of hydrogen-bond acceptors (Lipinski definition) is 9. The molecule has 43 heavy (non-hydrogen) atoms. The molecule has 3 amide bonds. The van der Waals surface area contributed by atoms with Crippen LogP contribution in [0.15, 0.2) is 6.33 Å². The third-order valence-electron chi connectivity index (χ3n) is 5.37. The first kappa shape index (κ1) is 37.4. The van der Waals surface area contributed by atoms with Crippen molar-refractivity contribution < 1.29 is 38.2 Å². The Morgan fingerprint density at radius 3 is 1.79 bits per heavy atom. The molecule has 2 atom stereocenters. The number of unbranched alkanes of at least 4 members (excludes halogenated alkanes) is 1. The van der Waals surface area contributed by atoms with Crippen molar-refractivity contribution in [3.8, 4) is 0 Å². The van der Waals surface area contributed by atoms with Crippen LogP contribution in [-0.4, -0.2) is 75.2 Å². The number of imidazole rings is 1. The van der Waals surface area contributed by atoms with Gasteiger partial charge in [0.25, 0.3) is 11.8 Å². The van der Waals surface area contributed by atoms with Gasteiger partial charge >= 0.3 is 18.0 Å². The van der Waals surface area contributed by atoms with Crippen molar-refractivity contribution in [2.24, 2.45) is 5.92 Å². The summed E-state index contributed by atoms with van der Waals surface area (Å²) >= 11 is 0. The van der Waals surface area contributed by atoms with Gasteiger partial charge in [-0.05, 0) is 93.9 Å². The first-order valence-corrected chi connectivity index (χ1v) is 14.7. The number of ether oxygens (including phenoxy) is 3. The summed E-state index contributed by atoms with van der Waals surface area (Å²) in [7, 11) is 0. The Kier molecular flexibility index (Phi) is 13.7. The maximum Gasteiger partial charge on any atom is 0.407 e. The van der Waals surface area contributed by atoms with Gasteiger partial charge in [-0.1, -0.05) is 13.8 Å². The summed E-state index contributed by atoms with van der Waals surface area (Å²) in [5.41, 5.74) is -2.59. The maximum absolute atomic E-state index is 13.3. The molecule has 0 aliphatic heterocycles. The van der Waals surface area contributed by atoms with Gasteiger partial charge in [0.1, 0.15) is 34.6 Å². The fourth-order valence-corrected chi connectivity index (χ4v) is 3.75. The minimum Gasteiger partial charge on any atom is -0.458 e. The molecule has 0 spiro atoms. The minimum atomic E-state index is -1.04. The molecule has 0 saturated heterocycles. The van der Waals surface area contributed by atoms with Crippen LogP contribution in [0.3, 0.4) is 0 Å². The summed E-state index contributed by atoms with van der Waals surface area (Å²) in [6.07, 6.45) is 2.13. The summed E-state index contributed by atoms with van der Waals surface area (Å²) in [6.45, 7) is 19.7. The molecule has 13 nitrogen and oxygen atoms in total. The lowest BCUT2D eigenvalue weighted by Gasteiger charge is -2.25. The number of hydrogen-bond donors (Lipinski definition) is 4. The molecular weight excluding hydrogens is 558 g/mol. The Morgan fingerprint density at radius 2 is 1.28 bits per heavy atom. The van der Waals surface area contributed by atoms with Gasteiger partial charge in [-0.2, -0.15) is 0 Å². The normalized spacial score (nSPS) is 13.5. The lowest BCUT2D eigenvalue weighted by molar-refractivity contribution is -0.158. The predicted molar refractivity (Wildman–Crippen MR) is 160 cm³/mol. The monoisotopic (exact) mass is 609 g/mol. The topological polar surface area (TPSA) is 178 Å². The van der Waals surface area contributed by atoms with E-state index < -0.39 is 58.7 Å². The highest BCUT2D eigenvalue weighted by Gasteiger charge is 2.32. The van der Waals surface area contributed by atoms with Gasteiger partial charge in [0.05, 0.1) is 6.33 Å². The zero-order chi connectivity index (χ0) is 33.2. The minimum absolute atomic E-state index is 0.0636. The summed E-state index contributed by atoms with van der Waals surface area (Å²) in [5, 5.41) is 7.93. The van der Waals surface area contributed by atoms with E-state index in [2.05, 4.69) is 25.9 Å². The van der Waals surface area contributed by atoms with E-state index in [0.29, 0.717) is 25.8 Å². The van der Waals surface area contributed by atoms with Crippen LogP contribution in [0, 0.1) is 5.92 Å². The van der Waals surface area contributed by atoms with Gasteiger partial charge in [-0.25, -0.2) is 19.4 Å². The number of aromatic nitrogens is 2. The Balaban J connectivity index is 2.99. The molecule has 0 aliphatic carbocycles. The molecule has 0 bridgehead atoms. The van der Waals surface area contributed by atoms with Crippen LogP contribution < -0.4 is 16.0 Å². The number of nitrogens with one attached hydrogen (secondary N) is 4. The Morgan fingerprint density at radius 1 is 0.767 bits per heavy atom. The van der Waals surface area contributed by atoms with Crippen LogP contribution >= 0.6 is 0 Å². The molecule has 0 radical (unpaired) electrons. The smallest absolute Gasteiger partial charge is 0.407 e. The molecule has 0 aromatic carbocycles. The number of H-pyrrole nitrogens is 1. The van der Waals surface area contributed by atoms with Crippen molar-refractivity contribution in [2.75, 3.05) is 6.54 Å². The summed E-state index contributed by atoms with van der Waals surface area (Å²) < 4.78 is 16.2. The van der Waals surface area contributed by atoms with Crippen molar-refractivity contribution in [3.05, 3.63) is 17.7 Å². The lowest BCUT2D eigenvalue weighted by atomic mass is 10.0. The molecule has 0 aliphatic rings. The van der Waals surface area contributed by atoms with Crippen LogP contribution in [-0.2, 0) is 23.8 Å². The second-order valence-electron chi connectivity index (χ2n) is 13.8. The lowest BCUT2D eigenvalue weighted by Crippen LogP contribution is -2.46. The number of amides is 3.